The fourth-order valence-corrected chi connectivity index (χ4v) is 7.98. The van der Waals surface area contributed by atoms with Crippen LogP contribution in [0.5, 0.6) is 5.75 Å². The maximum atomic E-state index is 14.4. The molecule has 2 aromatic carbocycles. The number of carbonyl (C=O) groups excluding carboxylic acids is 3. The van der Waals surface area contributed by atoms with Crippen molar-refractivity contribution >= 4 is 34.8 Å². The number of carbonyl (C=O) groups is 3. The quantitative estimate of drug-likeness (QED) is 0.217. The number of aliphatic hydroxyl groups excluding tert-OH is 1. The Labute approximate surface area is 272 Å². The molecule has 3 saturated heterocycles. The molecule has 2 bridgehead atoms. The second-order valence-electron chi connectivity index (χ2n) is 12.7. The largest absolute Gasteiger partial charge is 0.494 e. The van der Waals surface area contributed by atoms with E-state index in [0.717, 1.165) is 31.6 Å². The van der Waals surface area contributed by atoms with Crippen LogP contribution in [0.4, 0.5) is 17.1 Å². The fourth-order valence-electron chi connectivity index (χ4n) is 7.98. The highest BCUT2D eigenvalue weighted by molar-refractivity contribution is 6.05. The fraction of sp³-hybridized carbons (Fsp3) is 0.583. The van der Waals surface area contributed by atoms with Crippen molar-refractivity contribution in [1.82, 2.24) is 4.90 Å². The Morgan fingerprint density at radius 3 is 2.15 bits per heavy atom. The smallest absolute Gasteiger partial charge is 0.250 e. The Bertz CT molecular complexity index is 1360. The van der Waals surface area contributed by atoms with Gasteiger partial charge in [0.2, 0.25) is 17.7 Å². The molecule has 250 valence electrons. The minimum atomic E-state index is -1.09. The third-order valence-corrected chi connectivity index (χ3v) is 10.2. The molecule has 1 spiro atoms. The van der Waals surface area contributed by atoms with Gasteiger partial charge in [-0.15, -0.1) is 0 Å². The number of anilines is 3. The van der Waals surface area contributed by atoms with Gasteiger partial charge in [-0.2, -0.15) is 0 Å². The Balaban J connectivity index is 1.43. The Morgan fingerprint density at radius 1 is 0.913 bits per heavy atom. The topological polar surface area (TPSA) is 120 Å². The van der Waals surface area contributed by atoms with E-state index in [1.807, 2.05) is 50.2 Å². The van der Waals surface area contributed by atoms with Crippen molar-refractivity contribution in [3.8, 4) is 5.75 Å². The summed E-state index contributed by atoms with van der Waals surface area (Å²) in [6.07, 6.45) is 4.74. The Kier molecular flexibility index (Phi) is 10.6. The number of nitrogens with zero attached hydrogens (tertiary/aromatic N) is 2. The second kappa shape index (κ2) is 14.4. The van der Waals surface area contributed by atoms with E-state index < -0.39 is 29.1 Å². The highest BCUT2D eigenvalue weighted by Crippen LogP contribution is 2.64. The maximum Gasteiger partial charge on any atom is 0.250 e. The van der Waals surface area contributed by atoms with E-state index in [4.69, 9.17) is 9.47 Å². The number of likely N-dealkylation sites (tertiary alicyclic amines) is 1. The summed E-state index contributed by atoms with van der Waals surface area (Å²) in [4.78, 5) is 46.7. The molecule has 5 atom stereocenters. The summed E-state index contributed by atoms with van der Waals surface area (Å²) in [7, 11) is 0. The zero-order valence-corrected chi connectivity index (χ0v) is 27.7. The third-order valence-electron chi connectivity index (χ3n) is 10.2. The monoisotopic (exact) mass is 634 g/mol. The second-order valence-corrected chi connectivity index (χ2v) is 12.7. The summed E-state index contributed by atoms with van der Waals surface area (Å²) >= 11 is 0. The molecule has 5 rings (SSSR count). The third kappa shape index (κ3) is 6.21. The lowest BCUT2D eigenvalue weighted by Gasteiger charge is -2.34. The lowest BCUT2D eigenvalue weighted by Crippen LogP contribution is -2.53. The van der Waals surface area contributed by atoms with Crippen LogP contribution in [0, 0.1) is 11.8 Å². The van der Waals surface area contributed by atoms with Crippen LogP contribution in [-0.2, 0) is 19.1 Å². The number of amides is 3. The lowest BCUT2D eigenvalue weighted by molar-refractivity contribution is -0.144. The van der Waals surface area contributed by atoms with Crippen molar-refractivity contribution in [2.75, 3.05) is 48.4 Å². The lowest BCUT2D eigenvalue weighted by atomic mass is 9.65. The van der Waals surface area contributed by atoms with Gasteiger partial charge < -0.3 is 35.0 Å². The van der Waals surface area contributed by atoms with Gasteiger partial charge in [-0.3, -0.25) is 14.4 Å². The van der Waals surface area contributed by atoms with Crippen molar-refractivity contribution < 1.29 is 29.0 Å². The molecule has 3 N–H and O–H groups in total. The van der Waals surface area contributed by atoms with Crippen LogP contribution in [0.2, 0.25) is 0 Å². The highest BCUT2D eigenvalue weighted by atomic mass is 16.5. The van der Waals surface area contributed by atoms with Gasteiger partial charge in [0, 0.05) is 43.3 Å². The number of fused-ring (bicyclic) bond motifs is 1. The number of aliphatic hydroxyl groups is 1. The van der Waals surface area contributed by atoms with E-state index in [0.29, 0.717) is 62.4 Å². The number of hydrogen-bond acceptors (Lipinski definition) is 7. The molecule has 0 radical (unpaired) electrons. The van der Waals surface area contributed by atoms with E-state index in [2.05, 4.69) is 29.4 Å². The predicted octanol–water partition coefficient (Wildman–Crippen LogP) is 5.22. The average Bonchev–Trinajstić information content (AvgIpc) is 3.67. The van der Waals surface area contributed by atoms with E-state index in [9.17, 15) is 19.5 Å². The van der Waals surface area contributed by atoms with Crippen molar-refractivity contribution in [1.29, 1.82) is 0 Å². The van der Waals surface area contributed by atoms with Gasteiger partial charge in [0.15, 0.2) is 0 Å². The first-order valence-corrected chi connectivity index (χ1v) is 17.1. The molecule has 2 unspecified atom stereocenters. The molecule has 3 fully saturated rings. The summed E-state index contributed by atoms with van der Waals surface area (Å²) in [5, 5.41) is 15.4. The molecule has 0 aromatic heterocycles. The summed E-state index contributed by atoms with van der Waals surface area (Å²) in [6.45, 7) is 10.9. The molecule has 3 amide bonds. The van der Waals surface area contributed by atoms with Crippen LogP contribution < -0.4 is 20.3 Å². The number of unbranched alkanes of at least 4 members (excludes halogenated alkanes) is 3. The highest BCUT2D eigenvalue weighted by Gasteiger charge is 2.78. The number of nitrogens with one attached hydrogen (secondary N) is 2. The van der Waals surface area contributed by atoms with Gasteiger partial charge in [-0.05, 0) is 101 Å². The van der Waals surface area contributed by atoms with Crippen molar-refractivity contribution in [3.63, 3.8) is 0 Å². The van der Waals surface area contributed by atoms with Crippen LogP contribution in [-0.4, -0.2) is 77.8 Å². The molecule has 10 nitrogen and oxygen atoms in total. The number of hydrogen-bond donors (Lipinski definition) is 3. The first-order chi connectivity index (χ1) is 22.3. The minimum Gasteiger partial charge on any atom is -0.494 e. The van der Waals surface area contributed by atoms with Crippen LogP contribution in [0.1, 0.15) is 72.6 Å². The molecule has 3 aliphatic heterocycles. The van der Waals surface area contributed by atoms with Gasteiger partial charge in [0.05, 0.1) is 24.0 Å². The molecule has 0 aliphatic carbocycles. The number of benzene rings is 2. The molecule has 2 aromatic rings. The summed E-state index contributed by atoms with van der Waals surface area (Å²) in [5.74, 6) is -1.52. The molecule has 3 heterocycles. The standard InChI is InChI=1S/C36H50N4O6/c1-5-35-21-22-36(46-35)30(29(35)32(42)37-26-15-19-28(20-16-26)45-8-4)34(44)40(23-11-9-10-12-24-41)31(36)33(43)38-25-13-17-27(18-14-25)39(6-2)7-3/h13-20,29-31,41H,5-12,21-24H2,1-4H3,(H,37,42)(H,38,43)/t29-,30-,31?,35+,36?/m0/s1. The zero-order chi connectivity index (χ0) is 32.9. The van der Waals surface area contributed by atoms with E-state index in [1.54, 1.807) is 17.0 Å². The molecular weight excluding hydrogens is 584 g/mol. The molecule has 10 heteroatoms. The van der Waals surface area contributed by atoms with Gasteiger partial charge >= 0.3 is 0 Å². The normalized spacial score (nSPS) is 26.2. The van der Waals surface area contributed by atoms with Gasteiger partial charge in [0.1, 0.15) is 17.4 Å². The number of rotatable bonds is 16. The first-order valence-electron chi connectivity index (χ1n) is 17.1. The number of ether oxygens (including phenoxy) is 2. The van der Waals surface area contributed by atoms with Crippen LogP contribution in [0.15, 0.2) is 48.5 Å². The van der Waals surface area contributed by atoms with E-state index in [1.165, 1.54) is 0 Å². The van der Waals surface area contributed by atoms with Crippen LogP contribution in [0.3, 0.4) is 0 Å². The van der Waals surface area contributed by atoms with Gasteiger partial charge in [0.25, 0.3) is 0 Å². The molecule has 0 saturated carbocycles. The SMILES string of the molecule is CCOc1ccc(NC(=O)[C@@H]2[C@H]3C(=O)N(CCCCCCO)C(C(=O)Nc4ccc(N(CC)CC)cc4)C34CC[C@@]2(CC)O4)cc1. The van der Waals surface area contributed by atoms with Crippen molar-refractivity contribution in [3.05, 3.63) is 48.5 Å². The average molecular weight is 635 g/mol. The van der Waals surface area contributed by atoms with E-state index >= 15 is 0 Å². The molecular formula is C36H50N4O6. The van der Waals surface area contributed by atoms with Crippen LogP contribution in [0.25, 0.3) is 0 Å². The Morgan fingerprint density at radius 2 is 1.54 bits per heavy atom. The van der Waals surface area contributed by atoms with Crippen molar-refractivity contribution in [2.24, 2.45) is 11.8 Å². The Hall–Kier alpha value is -3.63. The molecule has 46 heavy (non-hydrogen) atoms. The summed E-state index contributed by atoms with van der Waals surface area (Å²) in [5.41, 5.74) is 0.423. The van der Waals surface area contributed by atoms with Crippen LogP contribution >= 0.6 is 0 Å². The zero-order valence-electron chi connectivity index (χ0n) is 27.7. The van der Waals surface area contributed by atoms with Gasteiger partial charge in [-0.1, -0.05) is 19.8 Å². The first kappa shape index (κ1) is 33.7. The maximum absolute atomic E-state index is 14.4. The predicted molar refractivity (Wildman–Crippen MR) is 179 cm³/mol. The van der Waals surface area contributed by atoms with E-state index in [-0.39, 0.29) is 24.3 Å². The summed E-state index contributed by atoms with van der Waals surface area (Å²) < 4.78 is 12.4. The van der Waals surface area contributed by atoms with Crippen molar-refractivity contribution in [2.45, 2.75) is 89.9 Å². The summed E-state index contributed by atoms with van der Waals surface area (Å²) in [6, 6.07) is 14.1. The van der Waals surface area contributed by atoms with Gasteiger partial charge in [-0.25, -0.2) is 0 Å². The minimum absolute atomic E-state index is 0.129. The molecule has 3 aliphatic rings.